The van der Waals surface area contributed by atoms with Crippen LogP contribution in [-0.2, 0) is 13.6 Å². The summed E-state index contributed by atoms with van der Waals surface area (Å²) in [5.41, 5.74) is 3.29. The Morgan fingerprint density at radius 1 is 1.41 bits per heavy atom. The highest BCUT2D eigenvalue weighted by Crippen LogP contribution is 2.22. The maximum Gasteiger partial charge on any atom is 0.0597 e. The van der Waals surface area contributed by atoms with Crippen LogP contribution in [0, 0.1) is 10.5 Å². The summed E-state index contributed by atoms with van der Waals surface area (Å²) < 4.78 is 3.01. The first-order chi connectivity index (χ1) is 8.06. The van der Waals surface area contributed by atoms with Gasteiger partial charge in [-0.05, 0) is 53.8 Å². The predicted octanol–water partition coefficient (Wildman–Crippen LogP) is 3.60. The monoisotopic (exact) mass is 361 g/mol. The number of hydrogen-bond donors (Lipinski definition) is 1. The van der Waals surface area contributed by atoms with Gasteiger partial charge in [-0.1, -0.05) is 11.6 Å². The van der Waals surface area contributed by atoms with Gasteiger partial charge in [-0.15, -0.1) is 0 Å². The van der Waals surface area contributed by atoms with Gasteiger partial charge in [-0.2, -0.15) is 5.10 Å². The van der Waals surface area contributed by atoms with E-state index in [0.717, 1.165) is 32.2 Å². The molecule has 1 aromatic heterocycles. The molecule has 1 heterocycles. The Morgan fingerprint density at radius 2 is 2.18 bits per heavy atom. The second-order valence-electron chi connectivity index (χ2n) is 3.88. The number of benzene rings is 1. The van der Waals surface area contributed by atoms with Crippen molar-refractivity contribution in [2.75, 3.05) is 5.32 Å². The smallest absolute Gasteiger partial charge is 0.0597 e. The van der Waals surface area contributed by atoms with Crippen molar-refractivity contribution in [2.24, 2.45) is 7.05 Å². The van der Waals surface area contributed by atoms with Gasteiger partial charge in [0, 0.05) is 21.3 Å². The summed E-state index contributed by atoms with van der Waals surface area (Å²) in [6.45, 7) is 2.75. The summed E-state index contributed by atoms with van der Waals surface area (Å²) in [6.07, 6.45) is 0. The van der Waals surface area contributed by atoms with Crippen LogP contribution in [0.15, 0.2) is 24.3 Å². The third-order valence-electron chi connectivity index (χ3n) is 2.49. The topological polar surface area (TPSA) is 29.9 Å². The number of aryl methyl sites for hydroxylation is 2. The molecule has 0 saturated heterocycles. The first-order valence-corrected chi connectivity index (χ1v) is 6.70. The molecule has 5 heteroatoms. The summed E-state index contributed by atoms with van der Waals surface area (Å²) in [4.78, 5) is 0. The van der Waals surface area contributed by atoms with Gasteiger partial charge < -0.3 is 5.32 Å². The summed E-state index contributed by atoms with van der Waals surface area (Å²) in [6, 6.07) is 7.91. The lowest BCUT2D eigenvalue weighted by Crippen LogP contribution is -2.06. The van der Waals surface area contributed by atoms with Crippen LogP contribution in [0.25, 0.3) is 0 Å². The lowest BCUT2D eigenvalue weighted by Gasteiger charge is -2.08. The number of aromatic nitrogens is 2. The van der Waals surface area contributed by atoms with E-state index in [1.807, 2.05) is 36.9 Å². The van der Waals surface area contributed by atoms with Crippen molar-refractivity contribution < 1.29 is 0 Å². The van der Waals surface area contributed by atoms with Gasteiger partial charge in [-0.25, -0.2) is 0 Å². The maximum absolute atomic E-state index is 5.92. The second kappa shape index (κ2) is 5.27. The van der Waals surface area contributed by atoms with E-state index in [1.54, 1.807) is 0 Å². The highest BCUT2D eigenvalue weighted by Gasteiger charge is 2.04. The van der Waals surface area contributed by atoms with Gasteiger partial charge in [0.25, 0.3) is 0 Å². The van der Waals surface area contributed by atoms with E-state index >= 15 is 0 Å². The van der Waals surface area contributed by atoms with Crippen molar-refractivity contribution in [3.05, 3.63) is 44.2 Å². The molecule has 0 saturated carbocycles. The minimum Gasteiger partial charge on any atom is -0.379 e. The number of hydrogen-bond acceptors (Lipinski definition) is 2. The van der Waals surface area contributed by atoms with Crippen molar-refractivity contribution in [3.8, 4) is 0 Å². The molecule has 1 N–H and O–H groups in total. The first kappa shape index (κ1) is 12.7. The van der Waals surface area contributed by atoms with Gasteiger partial charge in [0.15, 0.2) is 0 Å². The van der Waals surface area contributed by atoms with Crippen LogP contribution < -0.4 is 5.32 Å². The quantitative estimate of drug-likeness (QED) is 0.847. The van der Waals surface area contributed by atoms with Crippen LogP contribution in [0.4, 0.5) is 5.69 Å². The molecular weight excluding hydrogens is 349 g/mol. The van der Waals surface area contributed by atoms with Crippen LogP contribution in [0.5, 0.6) is 0 Å². The van der Waals surface area contributed by atoms with Gasteiger partial charge in [0.05, 0.1) is 17.9 Å². The Labute approximate surface area is 119 Å². The number of halogens is 2. The Hall–Kier alpha value is -0.750. The Morgan fingerprint density at radius 3 is 2.76 bits per heavy atom. The summed E-state index contributed by atoms with van der Waals surface area (Å²) in [5, 5.41) is 8.46. The van der Waals surface area contributed by atoms with E-state index in [9.17, 15) is 0 Å². The summed E-state index contributed by atoms with van der Waals surface area (Å²) in [7, 11) is 1.96. The molecule has 0 bridgehead atoms. The van der Waals surface area contributed by atoms with E-state index in [-0.39, 0.29) is 0 Å². The molecule has 0 atom stereocenters. The molecule has 0 unspecified atom stereocenters. The standard InChI is InChI=1S/C12H13ClIN3/c1-8-5-10(17(2)16-8)7-15-12-4-3-9(13)6-11(12)14/h3-6,15H,7H2,1-2H3. The minimum atomic E-state index is 0.759. The third kappa shape index (κ3) is 3.13. The number of nitrogens with zero attached hydrogens (tertiary/aromatic N) is 2. The van der Waals surface area contributed by atoms with Gasteiger partial charge >= 0.3 is 0 Å². The van der Waals surface area contributed by atoms with Gasteiger partial charge in [0.2, 0.25) is 0 Å². The zero-order valence-corrected chi connectivity index (χ0v) is 12.6. The number of anilines is 1. The van der Waals surface area contributed by atoms with E-state index in [1.165, 1.54) is 0 Å². The molecule has 0 spiro atoms. The molecule has 90 valence electrons. The first-order valence-electron chi connectivity index (χ1n) is 5.24. The highest BCUT2D eigenvalue weighted by atomic mass is 127. The van der Waals surface area contributed by atoms with E-state index in [2.05, 4.69) is 39.1 Å². The largest absolute Gasteiger partial charge is 0.379 e. The van der Waals surface area contributed by atoms with Crippen LogP contribution >= 0.6 is 34.2 Å². The fraction of sp³-hybridized carbons (Fsp3) is 0.250. The van der Waals surface area contributed by atoms with Gasteiger partial charge in [-0.3, -0.25) is 4.68 Å². The molecule has 17 heavy (non-hydrogen) atoms. The lowest BCUT2D eigenvalue weighted by atomic mass is 10.3. The lowest BCUT2D eigenvalue weighted by molar-refractivity contribution is 0.713. The molecule has 3 nitrogen and oxygen atoms in total. The molecular formula is C12H13ClIN3. The molecule has 1 aromatic carbocycles. The summed E-state index contributed by atoms with van der Waals surface area (Å²) in [5.74, 6) is 0. The Kier molecular flexibility index (Phi) is 3.93. The van der Waals surface area contributed by atoms with Gasteiger partial charge in [0.1, 0.15) is 0 Å². The van der Waals surface area contributed by atoms with Crippen LogP contribution in [0.3, 0.4) is 0 Å². The number of rotatable bonds is 3. The number of nitrogens with one attached hydrogen (secondary N) is 1. The van der Waals surface area contributed by atoms with Crippen molar-refractivity contribution in [1.29, 1.82) is 0 Å². The zero-order valence-electron chi connectivity index (χ0n) is 9.67. The predicted molar refractivity (Wildman–Crippen MR) is 79.4 cm³/mol. The van der Waals surface area contributed by atoms with Crippen LogP contribution in [0.1, 0.15) is 11.4 Å². The maximum atomic E-state index is 5.92. The third-order valence-corrected chi connectivity index (χ3v) is 3.62. The van der Waals surface area contributed by atoms with E-state index in [0.29, 0.717) is 0 Å². The SMILES string of the molecule is Cc1cc(CNc2ccc(Cl)cc2I)n(C)n1. The molecule has 0 amide bonds. The molecule has 0 aliphatic heterocycles. The summed E-state index contributed by atoms with van der Waals surface area (Å²) >= 11 is 8.19. The zero-order chi connectivity index (χ0) is 12.4. The second-order valence-corrected chi connectivity index (χ2v) is 5.48. The minimum absolute atomic E-state index is 0.759. The fourth-order valence-electron chi connectivity index (χ4n) is 1.65. The van der Waals surface area contributed by atoms with Crippen LogP contribution in [-0.4, -0.2) is 9.78 Å². The van der Waals surface area contributed by atoms with E-state index in [4.69, 9.17) is 11.6 Å². The highest BCUT2D eigenvalue weighted by molar-refractivity contribution is 14.1. The molecule has 0 aliphatic carbocycles. The van der Waals surface area contributed by atoms with Crippen molar-refractivity contribution in [1.82, 2.24) is 9.78 Å². The molecule has 2 rings (SSSR count). The van der Waals surface area contributed by atoms with E-state index < -0.39 is 0 Å². The average molecular weight is 362 g/mol. The molecule has 0 aliphatic rings. The molecule has 0 fully saturated rings. The Bertz CT molecular complexity index is 537. The van der Waals surface area contributed by atoms with Crippen molar-refractivity contribution in [2.45, 2.75) is 13.5 Å². The Balaban J connectivity index is 2.10. The average Bonchev–Trinajstić information content (AvgIpc) is 2.56. The fourth-order valence-corrected chi connectivity index (χ4v) is 2.71. The van der Waals surface area contributed by atoms with Crippen molar-refractivity contribution in [3.63, 3.8) is 0 Å². The normalized spacial score (nSPS) is 10.6. The molecule has 2 aromatic rings. The van der Waals surface area contributed by atoms with Crippen LogP contribution in [0.2, 0.25) is 5.02 Å². The van der Waals surface area contributed by atoms with Crippen molar-refractivity contribution >= 4 is 39.9 Å². The molecule has 0 radical (unpaired) electrons.